The van der Waals surface area contributed by atoms with Gasteiger partial charge in [-0.05, 0) is 42.2 Å². The summed E-state index contributed by atoms with van der Waals surface area (Å²) in [5, 5.41) is 2.98. The van der Waals surface area contributed by atoms with Crippen LogP contribution < -0.4 is 5.32 Å². The molecule has 1 aromatic heterocycles. The summed E-state index contributed by atoms with van der Waals surface area (Å²) in [6.45, 7) is 0. The summed E-state index contributed by atoms with van der Waals surface area (Å²) in [5.41, 5.74) is 2.85. The summed E-state index contributed by atoms with van der Waals surface area (Å²) in [7, 11) is 0. The number of amides is 1. The van der Waals surface area contributed by atoms with Crippen LogP contribution in [0.25, 0.3) is 11.1 Å². The number of benzene rings is 1. The van der Waals surface area contributed by atoms with E-state index in [0.29, 0.717) is 6.04 Å². The minimum atomic E-state index is 0.0234. The maximum Gasteiger partial charge on any atom is 0.251 e. The molecule has 1 heterocycles. The van der Waals surface area contributed by atoms with Crippen LogP contribution in [-0.4, -0.2) is 16.9 Å². The van der Waals surface area contributed by atoms with Crippen LogP contribution in [0.5, 0.6) is 0 Å². The molecule has 1 fully saturated rings. The summed E-state index contributed by atoms with van der Waals surface area (Å²) in [6, 6.07) is 11.9. The first-order valence-electron chi connectivity index (χ1n) is 6.14. The maximum absolute atomic E-state index is 11.8. The second-order valence-electron chi connectivity index (χ2n) is 4.57. The molecule has 0 atom stereocenters. The highest BCUT2D eigenvalue weighted by Gasteiger charge is 2.23. The van der Waals surface area contributed by atoms with E-state index in [0.717, 1.165) is 29.5 Å². The Morgan fingerprint density at radius 3 is 2.50 bits per heavy atom. The molecule has 1 amide bonds. The second-order valence-corrected chi connectivity index (χ2v) is 4.57. The van der Waals surface area contributed by atoms with Crippen LogP contribution in [0, 0.1) is 0 Å². The number of nitrogens with zero attached hydrogens (tertiary/aromatic N) is 1. The molecule has 3 nitrogen and oxygen atoms in total. The van der Waals surface area contributed by atoms with E-state index >= 15 is 0 Å². The van der Waals surface area contributed by atoms with E-state index in [2.05, 4.69) is 10.3 Å². The molecule has 0 unspecified atom stereocenters. The molecule has 1 aliphatic rings. The molecule has 0 spiro atoms. The zero-order chi connectivity index (χ0) is 12.4. The van der Waals surface area contributed by atoms with Crippen LogP contribution in [0.15, 0.2) is 48.8 Å². The third-order valence-corrected chi connectivity index (χ3v) is 3.05. The van der Waals surface area contributed by atoms with Crippen LogP contribution in [0.2, 0.25) is 0 Å². The van der Waals surface area contributed by atoms with Gasteiger partial charge in [-0.25, -0.2) is 0 Å². The number of carbonyl (C=O) groups is 1. The fraction of sp³-hybridized carbons (Fsp3) is 0.200. The lowest BCUT2D eigenvalue weighted by molar-refractivity contribution is 0.0951. The first-order valence-corrected chi connectivity index (χ1v) is 6.14. The maximum atomic E-state index is 11.8. The Kier molecular flexibility index (Phi) is 2.81. The van der Waals surface area contributed by atoms with Gasteiger partial charge in [0.2, 0.25) is 0 Å². The van der Waals surface area contributed by atoms with Gasteiger partial charge < -0.3 is 5.32 Å². The summed E-state index contributed by atoms with van der Waals surface area (Å²) >= 11 is 0. The molecule has 2 aromatic rings. The number of pyridine rings is 1. The molecule has 3 heteroatoms. The van der Waals surface area contributed by atoms with Gasteiger partial charge in [0.15, 0.2) is 0 Å². The molecule has 1 saturated carbocycles. The molecular weight excluding hydrogens is 224 g/mol. The predicted molar refractivity (Wildman–Crippen MR) is 70.2 cm³/mol. The van der Waals surface area contributed by atoms with E-state index in [-0.39, 0.29) is 5.91 Å². The summed E-state index contributed by atoms with van der Waals surface area (Å²) in [5.74, 6) is 0.0234. The molecule has 1 N–H and O–H groups in total. The molecule has 1 aliphatic carbocycles. The second kappa shape index (κ2) is 4.61. The van der Waals surface area contributed by atoms with E-state index in [1.54, 1.807) is 6.20 Å². The normalized spacial score (nSPS) is 14.2. The molecule has 1 aromatic carbocycles. The van der Waals surface area contributed by atoms with Gasteiger partial charge in [-0.3, -0.25) is 9.78 Å². The van der Waals surface area contributed by atoms with Crippen molar-refractivity contribution in [1.82, 2.24) is 10.3 Å². The Morgan fingerprint density at radius 1 is 1.11 bits per heavy atom. The Balaban J connectivity index is 1.78. The van der Waals surface area contributed by atoms with Gasteiger partial charge in [-0.1, -0.05) is 18.2 Å². The lowest BCUT2D eigenvalue weighted by atomic mass is 10.1. The standard InChI is InChI=1S/C15H14N2O/c18-15(17-14-7-8-14)12-5-3-11(4-6-12)13-2-1-9-16-10-13/h1-6,9-10,14H,7-8H2,(H,17,18). The SMILES string of the molecule is O=C(NC1CC1)c1ccc(-c2cccnc2)cc1. The first-order chi connectivity index (χ1) is 8.83. The van der Waals surface area contributed by atoms with Crippen molar-refractivity contribution in [2.45, 2.75) is 18.9 Å². The smallest absolute Gasteiger partial charge is 0.251 e. The fourth-order valence-electron chi connectivity index (χ4n) is 1.84. The minimum Gasteiger partial charge on any atom is -0.349 e. The highest BCUT2D eigenvalue weighted by atomic mass is 16.1. The number of nitrogens with one attached hydrogen (secondary N) is 1. The Hall–Kier alpha value is -2.16. The quantitative estimate of drug-likeness (QED) is 0.893. The molecule has 3 rings (SSSR count). The van der Waals surface area contributed by atoms with Crippen LogP contribution in [0.4, 0.5) is 0 Å². The van der Waals surface area contributed by atoms with Crippen LogP contribution in [0.3, 0.4) is 0 Å². The molecule has 18 heavy (non-hydrogen) atoms. The lowest BCUT2D eigenvalue weighted by Crippen LogP contribution is -2.25. The van der Waals surface area contributed by atoms with Crippen LogP contribution in [-0.2, 0) is 0 Å². The van der Waals surface area contributed by atoms with Crippen molar-refractivity contribution in [2.75, 3.05) is 0 Å². The van der Waals surface area contributed by atoms with Gasteiger partial charge in [-0.15, -0.1) is 0 Å². The average Bonchev–Trinajstić information content (AvgIpc) is 3.24. The van der Waals surface area contributed by atoms with Gasteiger partial charge in [0, 0.05) is 24.0 Å². The highest BCUT2D eigenvalue weighted by molar-refractivity contribution is 5.95. The van der Waals surface area contributed by atoms with Crippen molar-refractivity contribution in [2.24, 2.45) is 0 Å². The zero-order valence-corrected chi connectivity index (χ0v) is 9.97. The summed E-state index contributed by atoms with van der Waals surface area (Å²) in [4.78, 5) is 15.9. The lowest BCUT2D eigenvalue weighted by Gasteiger charge is -2.05. The van der Waals surface area contributed by atoms with E-state index in [1.807, 2.05) is 42.6 Å². The number of carbonyl (C=O) groups excluding carboxylic acids is 1. The third-order valence-electron chi connectivity index (χ3n) is 3.05. The molecule has 0 bridgehead atoms. The predicted octanol–water partition coefficient (Wildman–Crippen LogP) is 2.64. The van der Waals surface area contributed by atoms with Crippen molar-refractivity contribution >= 4 is 5.91 Å². The number of rotatable bonds is 3. The van der Waals surface area contributed by atoms with E-state index in [9.17, 15) is 4.79 Å². The molecule has 0 radical (unpaired) electrons. The number of hydrogen-bond acceptors (Lipinski definition) is 2. The minimum absolute atomic E-state index is 0.0234. The first kappa shape index (κ1) is 11.0. The molecular formula is C15H14N2O. The van der Waals surface area contributed by atoms with E-state index in [1.165, 1.54) is 0 Å². The van der Waals surface area contributed by atoms with Gasteiger partial charge in [0.05, 0.1) is 0 Å². The Morgan fingerprint density at radius 2 is 1.89 bits per heavy atom. The van der Waals surface area contributed by atoms with Crippen molar-refractivity contribution < 1.29 is 4.79 Å². The van der Waals surface area contributed by atoms with E-state index in [4.69, 9.17) is 0 Å². The fourth-order valence-corrected chi connectivity index (χ4v) is 1.84. The van der Waals surface area contributed by atoms with Crippen molar-refractivity contribution in [3.05, 3.63) is 54.4 Å². The van der Waals surface area contributed by atoms with Gasteiger partial charge in [-0.2, -0.15) is 0 Å². The summed E-state index contributed by atoms with van der Waals surface area (Å²) in [6.07, 6.45) is 5.79. The van der Waals surface area contributed by atoms with Gasteiger partial charge in [0.1, 0.15) is 0 Å². The summed E-state index contributed by atoms with van der Waals surface area (Å²) < 4.78 is 0. The molecule has 0 saturated heterocycles. The number of hydrogen-bond donors (Lipinski definition) is 1. The van der Waals surface area contributed by atoms with Crippen LogP contribution in [0.1, 0.15) is 23.2 Å². The Bertz CT molecular complexity index is 544. The van der Waals surface area contributed by atoms with Crippen LogP contribution >= 0.6 is 0 Å². The molecule has 90 valence electrons. The number of aromatic nitrogens is 1. The van der Waals surface area contributed by atoms with Gasteiger partial charge >= 0.3 is 0 Å². The van der Waals surface area contributed by atoms with Crippen molar-refractivity contribution in [3.63, 3.8) is 0 Å². The average molecular weight is 238 g/mol. The van der Waals surface area contributed by atoms with Gasteiger partial charge in [0.25, 0.3) is 5.91 Å². The van der Waals surface area contributed by atoms with Crippen molar-refractivity contribution in [1.29, 1.82) is 0 Å². The third kappa shape index (κ3) is 2.40. The topological polar surface area (TPSA) is 42.0 Å². The van der Waals surface area contributed by atoms with E-state index < -0.39 is 0 Å². The Labute approximate surface area is 106 Å². The largest absolute Gasteiger partial charge is 0.349 e. The monoisotopic (exact) mass is 238 g/mol. The zero-order valence-electron chi connectivity index (χ0n) is 9.97. The van der Waals surface area contributed by atoms with Crippen molar-refractivity contribution in [3.8, 4) is 11.1 Å². The molecule has 0 aliphatic heterocycles. The highest BCUT2D eigenvalue weighted by Crippen LogP contribution is 2.21.